The summed E-state index contributed by atoms with van der Waals surface area (Å²) in [5, 5.41) is 9.60. The van der Waals surface area contributed by atoms with Crippen LogP contribution in [0.2, 0.25) is 0 Å². The molecule has 1 amide bonds. The molecule has 4 saturated carbocycles. The van der Waals surface area contributed by atoms with Crippen molar-refractivity contribution in [2.75, 3.05) is 0 Å². The standard InChI is InChI=1S/C14H22FNO2/c1-12(2,3)16(11(17)18)14-6-9-4-10(14)7-13(15,5-9)8-14/h9-10H,4-8H2,1-3H3,(H,17,18). The van der Waals surface area contributed by atoms with E-state index in [4.69, 9.17) is 0 Å². The van der Waals surface area contributed by atoms with Crippen molar-refractivity contribution < 1.29 is 14.3 Å². The van der Waals surface area contributed by atoms with E-state index >= 15 is 0 Å². The summed E-state index contributed by atoms with van der Waals surface area (Å²) in [5.74, 6) is 0.628. The number of hydrogen-bond acceptors (Lipinski definition) is 1. The summed E-state index contributed by atoms with van der Waals surface area (Å²) < 4.78 is 14.7. The zero-order valence-electron chi connectivity index (χ0n) is 11.4. The molecule has 0 radical (unpaired) electrons. The summed E-state index contributed by atoms with van der Waals surface area (Å²) in [7, 11) is 0. The third kappa shape index (κ3) is 1.44. The van der Waals surface area contributed by atoms with Crippen molar-refractivity contribution in [2.45, 2.75) is 69.6 Å². The number of halogens is 1. The van der Waals surface area contributed by atoms with Crippen molar-refractivity contribution in [3.05, 3.63) is 0 Å². The maximum atomic E-state index is 14.7. The molecule has 4 unspecified atom stereocenters. The van der Waals surface area contributed by atoms with Gasteiger partial charge in [0.05, 0.1) is 5.54 Å². The first-order chi connectivity index (χ1) is 8.16. The molecule has 0 aromatic rings. The van der Waals surface area contributed by atoms with Crippen LogP contribution in [0.15, 0.2) is 0 Å². The summed E-state index contributed by atoms with van der Waals surface area (Å²) in [5.41, 5.74) is -1.98. The first-order valence-electron chi connectivity index (χ1n) is 6.89. The lowest BCUT2D eigenvalue weighted by Gasteiger charge is -2.49. The largest absolute Gasteiger partial charge is 0.465 e. The molecule has 4 bridgehead atoms. The maximum absolute atomic E-state index is 14.7. The zero-order chi connectivity index (χ0) is 13.3. The van der Waals surface area contributed by atoms with Gasteiger partial charge in [-0.25, -0.2) is 9.18 Å². The highest BCUT2D eigenvalue weighted by Crippen LogP contribution is 2.66. The number of amides is 1. The van der Waals surface area contributed by atoms with Crippen molar-refractivity contribution in [1.82, 2.24) is 4.90 Å². The smallest absolute Gasteiger partial charge is 0.408 e. The first kappa shape index (κ1) is 12.2. The van der Waals surface area contributed by atoms with Gasteiger partial charge in [0.2, 0.25) is 0 Å². The predicted octanol–water partition coefficient (Wildman–Crippen LogP) is 3.44. The number of hydrogen-bond donors (Lipinski definition) is 1. The van der Waals surface area contributed by atoms with Crippen LogP contribution in [0.3, 0.4) is 0 Å². The first-order valence-corrected chi connectivity index (χ1v) is 6.89. The van der Waals surface area contributed by atoms with E-state index in [1.165, 1.54) is 0 Å². The maximum Gasteiger partial charge on any atom is 0.408 e. The van der Waals surface area contributed by atoms with Gasteiger partial charge in [0.25, 0.3) is 0 Å². The minimum atomic E-state index is -1.09. The minimum absolute atomic E-state index is 0.233. The topological polar surface area (TPSA) is 40.5 Å². The van der Waals surface area contributed by atoms with E-state index in [-0.39, 0.29) is 5.92 Å². The van der Waals surface area contributed by atoms with Crippen LogP contribution >= 0.6 is 0 Å². The van der Waals surface area contributed by atoms with E-state index in [1.807, 2.05) is 20.8 Å². The molecule has 4 aliphatic carbocycles. The Morgan fingerprint density at radius 3 is 2.50 bits per heavy atom. The molecule has 0 aliphatic heterocycles. The van der Waals surface area contributed by atoms with E-state index in [2.05, 4.69) is 0 Å². The third-order valence-corrected chi connectivity index (χ3v) is 5.22. The van der Waals surface area contributed by atoms with Gasteiger partial charge in [-0.2, -0.15) is 0 Å². The van der Waals surface area contributed by atoms with Crippen LogP contribution in [0.25, 0.3) is 0 Å². The van der Waals surface area contributed by atoms with Gasteiger partial charge < -0.3 is 5.11 Å². The molecule has 4 rings (SSSR count). The fraction of sp³-hybridized carbons (Fsp3) is 0.929. The molecule has 4 fully saturated rings. The Kier molecular flexibility index (Phi) is 2.18. The predicted molar refractivity (Wildman–Crippen MR) is 66.3 cm³/mol. The SMILES string of the molecule is CC(C)(C)N(C(=O)O)C12CC3CC1CC(F)(C3)C2. The Bertz CT molecular complexity index is 405. The normalized spacial score (nSPS) is 45.6. The molecule has 0 aromatic heterocycles. The van der Waals surface area contributed by atoms with Crippen molar-refractivity contribution in [3.63, 3.8) is 0 Å². The second-order valence-electron chi connectivity index (χ2n) is 7.63. The third-order valence-electron chi connectivity index (χ3n) is 5.22. The van der Waals surface area contributed by atoms with Crippen LogP contribution in [-0.2, 0) is 0 Å². The molecule has 0 aromatic carbocycles. The Labute approximate surface area is 107 Å². The number of rotatable bonds is 1. The van der Waals surface area contributed by atoms with Crippen LogP contribution < -0.4 is 0 Å². The van der Waals surface area contributed by atoms with Gasteiger partial charge in [-0.1, -0.05) is 0 Å². The van der Waals surface area contributed by atoms with Gasteiger partial charge in [0.15, 0.2) is 0 Å². The van der Waals surface area contributed by atoms with E-state index in [1.54, 1.807) is 4.90 Å². The molecule has 18 heavy (non-hydrogen) atoms. The quantitative estimate of drug-likeness (QED) is 0.779. The molecule has 0 saturated heterocycles. The molecule has 3 nitrogen and oxygen atoms in total. The van der Waals surface area contributed by atoms with E-state index in [0.29, 0.717) is 25.2 Å². The molecule has 0 heterocycles. The summed E-state index contributed by atoms with van der Waals surface area (Å²) in [6, 6.07) is 0. The monoisotopic (exact) mass is 255 g/mol. The Morgan fingerprint density at radius 1 is 1.33 bits per heavy atom. The van der Waals surface area contributed by atoms with Crippen LogP contribution in [0.1, 0.15) is 52.9 Å². The van der Waals surface area contributed by atoms with Crippen LogP contribution in [0, 0.1) is 11.8 Å². The number of nitrogens with zero attached hydrogens (tertiary/aromatic N) is 1. The highest BCUT2D eigenvalue weighted by molar-refractivity contribution is 5.68. The summed E-state index contributed by atoms with van der Waals surface area (Å²) >= 11 is 0. The fourth-order valence-electron chi connectivity index (χ4n) is 5.25. The number of alkyl halides is 1. The van der Waals surface area contributed by atoms with Crippen molar-refractivity contribution in [3.8, 4) is 0 Å². The van der Waals surface area contributed by atoms with Gasteiger partial charge in [0.1, 0.15) is 5.67 Å². The lowest BCUT2D eigenvalue weighted by atomic mass is 9.77. The van der Waals surface area contributed by atoms with Gasteiger partial charge in [0, 0.05) is 12.0 Å². The summed E-state index contributed by atoms with van der Waals surface area (Å²) in [4.78, 5) is 13.3. The Hall–Kier alpha value is -0.800. The van der Waals surface area contributed by atoms with Gasteiger partial charge in [-0.05, 0) is 58.3 Å². The summed E-state index contributed by atoms with van der Waals surface area (Å²) in [6.07, 6.45) is 2.65. The van der Waals surface area contributed by atoms with Gasteiger partial charge >= 0.3 is 6.09 Å². The van der Waals surface area contributed by atoms with E-state index < -0.39 is 22.8 Å². The zero-order valence-corrected chi connectivity index (χ0v) is 11.4. The van der Waals surface area contributed by atoms with Crippen LogP contribution in [-0.4, -0.2) is 32.8 Å². The van der Waals surface area contributed by atoms with Gasteiger partial charge in [-0.15, -0.1) is 0 Å². The average molecular weight is 255 g/mol. The summed E-state index contributed by atoms with van der Waals surface area (Å²) in [6.45, 7) is 5.75. The minimum Gasteiger partial charge on any atom is -0.465 e. The number of carboxylic acid groups (broad SMARTS) is 1. The van der Waals surface area contributed by atoms with Crippen molar-refractivity contribution >= 4 is 6.09 Å². The molecule has 4 heteroatoms. The molecular weight excluding hydrogens is 233 g/mol. The molecule has 1 N–H and O–H groups in total. The highest BCUT2D eigenvalue weighted by atomic mass is 19.1. The molecular formula is C14H22FNO2. The molecule has 102 valence electrons. The lowest BCUT2D eigenvalue weighted by Crippen LogP contribution is -2.60. The second-order valence-corrected chi connectivity index (χ2v) is 7.63. The fourth-order valence-corrected chi connectivity index (χ4v) is 5.25. The Balaban J connectivity index is 2.03. The number of carbonyl (C=O) groups is 1. The van der Waals surface area contributed by atoms with Crippen LogP contribution in [0.4, 0.5) is 9.18 Å². The van der Waals surface area contributed by atoms with Crippen molar-refractivity contribution in [2.24, 2.45) is 11.8 Å². The van der Waals surface area contributed by atoms with Crippen LogP contribution in [0.5, 0.6) is 0 Å². The lowest BCUT2D eigenvalue weighted by molar-refractivity contribution is -0.0165. The second kappa shape index (κ2) is 3.20. The van der Waals surface area contributed by atoms with Gasteiger partial charge in [-0.3, -0.25) is 4.90 Å². The average Bonchev–Trinajstić information content (AvgIpc) is 2.43. The van der Waals surface area contributed by atoms with E-state index in [9.17, 15) is 14.3 Å². The molecule has 4 atom stereocenters. The van der Waals surface area contributed by atoms with E-state index in [0.717, 1.165) is 12.8 Å². The van der Waals surface area contributed by atoms with Crippen molar-refractivity contribution in [1.29, 1.82) is 0 Å². The molecule has 0 spiro atoms. The molecule has 4 aliphatic rings. The Morgan fingerprint density at radius 2 is 2.00 bits per heavy atom. The highest BCUT2D eigenvalue weighted by Gasteiger charge is 2.68.